The normalized spacial score (nSPS) is 23.9. The van der Waals surface area contributed by atoms with Crippen LogP contribution in [-0.2, 0) is 10.2 Å². The van der Waals surface area contributed by atoms with E-state index in [1.807, 2.05) is 44.2 Å². The first-order valence-electron chi connectivity index (χ1n) is 7.38. The number of rotatable bonds is 3. The SMILES string of the molecule is CC1CCCCC1NC(=O)C(C)(C)c1ccccc1. The Labute approximate surface area is 116 Å². The Morgan fingerprint density at radius 2 is 1.79 bits per heavy atom. The van der Waals surface area contributed by atoms with E-state index in [9.17, 15) is 4.79 Å². The molecule has 2 heteroatoms. The summed E-state index contributed by atoms with van der Waals surface area (Å²) in [5.41, 5.74) is 0.620. The van der Waals surface area contributed by atoms with Gasteiger partial charge in [0.1, 0.15) is 0 Å². The predicted octanol–water partition coefficient (Wildman–Crippen LogP) is 3.66. The van der Waals surface area contributed by atoms with Gasteiger partial charge in [0.05, 0.1) is 5.41 Å². The van der Waals surface area contributed by atoms with Crippen molar-refractivity contribution in [3.8, 4) is 0 Å². The Morgan fingerprint density at radius 1 is 1.16 bits per heavy atom. The van der Waals surface area contributed by atoms with Gasteiger partial charge in [-0.2, -0.15) is 0 Å². The van der Waals surface area contributed by atoms with E-state index >= 15 is 0 Å². The molecular formula is C17H25NO. The molecule has 1 saturated carbocycles. The molecular weight excluding hydrogens is 234 g/mol. The molecule has 104 valence electrons. The van der Waals surface area contributed by atoms with Crippen molar-refractivity contribution in [3.63, 3.8) is 0 Å². The van der Waals surface area contributed by atoms with E-state index in [1.54, 1.807) is 0 Å². The van der Waals surface area contributed by atoms with Crippen LogP contribution in [-0.4, -0.2) is 11.9 Å². The van der Waals surface area contributed by atoms with Crippen LogP contribution in [0.2, 0.25) is 0 Å². The second kappa shape index (κ2) is 5.77. The summed E-state index contributed by atoms with van der Waals surface area (Å²) in [6.45, 7) is 6.26. The maximum absolute atomic E-state index is 12.6. The summed E-state index contributed by atoms with van der Waals surface area (Å²) in [6.07, 6.45) is 4.89. The Morgan fingerprint density at radius 3 is 2.42 bits per heavy atom. The number of nitrogens with one attached hydrogen (secondary N) is 1. The molecule has 0 bridgehead atoms. The standard InChI is InChI=1S/C17H25NO/c1-13-9-7-8-12-15(13)18-16(19)17(2,3)14-10-5-4-6-11-14/h4-6,10-11,13,15H,7-9,12H2,1-3H3,(H,18,19). The predicted molar refractivity (Wildman–Crippen MR) is 79.0 cm³/mol. The maximum atomic E-state index is 12.6. The third-order valence-electron chi connectivity index (χ3n) is 4.49. The summed E-state index contributed by atoms with van der Waals surface area (Å²) in [4.78, 5) is 12.6. The highest BCUT2D eigenvalue weighted by Crippen LogP contribution is 2.27. The van der Waals surface area contributed by atoms with Gasteiger partial charge < -0.3 is 5.32 Å². The lowest BCUT2D eigenvalue weighted by Gasteiger charge is -2.33. The van der Waals surface area contributed by atoms with Crippen molar-refractivity contribution in [2.24, 2.45) is 5.92 Å². The molecule has 1 fully saturated rings. The molecule has 0 radical (unpaired) electrons. The van der Waals surface area contributed by atoms with Gasteiger partial charge in [0.2, 0.25) is 5.91 Å². The molecule has 1 aromatic rings. The molecule has 2 atom stereocenters. The van der Waals surface area contributed by atoms with E-state index in [2.05, 4.69) is 12.2 Å². The molecule has 0 saturated heterocycles. The van der Waals surface area contributed by atoms with Crippen molar-refractivity contribution in [1.29, 1.82) is 0 Å². The summed E-state index contributed by atoms with van der Waals surface area (Å²) < 4.78 is 0. The number of hydrogen-bond donors (Lipinski definition) is 1. The lowest BCUT2D eigenvalue weighted by atomic mass is 9.81. The lowest BCUT2D eigenvalue weighted by molar-refractivity contribution is -0.127. The Kier molecular flexibility index (Phi) is 4.28. The van der Waals surface area contributed by atoms with E-state index in [0.29, 0.717) is 12.0 Å². The topological polar surface area (TPSA) is 29.1 Å². The van der Waals surface area contributed by atoms with Crippen LogP contribution < -0.4 is 5.32 Å². The molecule has 1 N–H and O–H groups in total. The number of carbonyl (C=O) groups is 1. The van der Waals surface area contributed by atoms with Crippen LogP contribution in [0.15, 0.2) is 30.3 Å². The smallest absolute Gasteiger partial charge is 0.230 e. The number of hydrogen-bond acceptors (Lipinski definition) is 1. The largest absolute Gasteiger partial charge is 0.352 e. The number of carbonyl (C=O) groups excluding carboxylic acids is 1. The van der Waals surface area contributed by atoms with Crippen LogP contribution in [0, 0.1) is 5.92 Å². The van der Waals surface area contributed by atoms with E-state index in [1.165, 1.54) is 19.3 Å². The Balaban J connectivity index is 2.06. The van der Waals surface area contributed by atoms with Crippen LogP contribution in [0.3, 0.4) is 0 Å². The van der Waals surface area contributed by atoms with Gasteiger partial charge in [-0.25, -0.2) is 0 Å². The highest BCUT2D eigenvalue weighted by atomic mass is 16.2. The minimum Gasteiger partial charge on any atom is -0.352 e. The van der Waals surface area contributed by atoms with Gasteiger partial charge >= 0.3 is 0 Å². The van der Waals surface area contributed by atoms with Gasteiger partial charge in [-0.05, 0) is 38.2 Å². The van der Waals surface area contributed by atoms with Crippen molar-refractivity contribution in [2.45, 2.75) is 57.9 Å². The summed E-state index contributed by atoms with van der Waals surface area (Å²) in [5, 5.41) is 3.27. The van der Waals surface area contributed by atoms with Gasteiger partial charge in [0.25, 0.3) is 0 Å². The van der Waals surface area contributed by atoms with Crippen molar-refractivity contribution in [2.75, 3.05) is 0 Å². The summed E-state index contributed by atoms with van der Waals surface area (Å²) in [6, 6.07) is 10.4. The average molecular weight is 259 g/mol. The molecule has 1 aromatic carbocycles. The first-order chi connectivity index (χ1) is 9.01. The second-order valence-electron chi connectivity index (χ2n) is 6.33. The van der Waals surface area contributed by atoms with E-state index in [4.69, 9.17) is 0 Å². The third-order valence-corrected chi connectivity index (χ3v) is 4.49. The van der Waals surface area contributed by atoms with Gasteiger partial charge in [0, 0.05) is 6.04 Å². The van der Waals surface area contributed by atoms with E-state index in [-0.39, 0.29) is 5.91 Å². The van der Waals surface area contributed by atoms with Gasteiger partial charge in [-0.3, -0.25) is 4.79 Å². The molecule has 0 aromatic heterocycles. The van der Waals surface area contributed by atoms with Crippen LogP contribution >= 0.6 is 0 Å². The molecule has 19 heavy (non-hydrogen) atoms. The van der Waals surface area contributed by atoms with Crippen LogP contribution in [0.1, 0.15) is 52.0 Å². The van der Waals surface area contributed by atoms with Gasteiger partial charge in [0.15, 0.2) is 0 Å². The summed E-state index contributed by atoms with van der Waals surface area (Å²) >= 11 is 0. The van der Waals surface area contributed by atoms with Crippen LogP contribution in [0.25, 0.3) is 0 Å². The van der Waals surface area contributed by atoms with Crippen LogP contribution in [0.4, 0.5) is 0 Å². The highest BCUT2D eigenvalue weighted by molar-refractivity contribution is 5.87. The highest BCUT2D eigenvalue weighted by Gasteiger charge is 2.32. The van der Waals surface area contributed by atoms with Gasteiger partial charge in [-0.1, -0.05) is 50.1 Å². The molecule has 0 spiro atoms. The maximum Gasteiger partial charge on any atom is 0.230 e. The monoisotopic (exact) mass is 259 g/mol. The molecule has 2 nitrogen and oxygen atoms in total. The molecule has 2 unspecified atom stereocenters. The second-order valence-corrected chi connectivity index (χ2v) is 6.33. The van der Waals surface area contributed by atoms with Crippen molar-refractivity contribution < 1.29 is 4.79 Å². The fourth-order valence-electron chi connectivity index (χ4n) is 2.87. The fraction of sp³-hybridized carbons (Fsp3) is 0.588. The number of benzene rings is 1. The zero-order valence-electron chi connectivity index (χ0n) is 12.3. The molecule has 2 rings (SSSR count). The minimum atomic E-state index is -0.460. The zero-order chi connectivity index (χ0) is 13.9. The lowest BCUT2D eigenvalue weighted by Crippen LogP contribution is -2.48. The summed E-state index contributed by atoms with van der Waals surface area (Å²) in [7, 11) is 0. The fourth-order valence-corrected chi connectivity index (χ4v) is 2.87. The molecule has 1 aliphatic rings. The number of amides is 1. The Bertz CT molecular complexity index is 424. The van der Waals surface area contributed by atoms with Crippen molar-refractivity contribution in [3.05, 3.63) is 35.9 Å². The van der Waals surface area contributed by atoms with Gasteiger partial charge in [-0.15, -0.1) is 0 Å². The third kappa shape index (κ3) is 3.17. The minimum absolute atomic E-state index is 0.150. The van der Waals surface area contributed by atoms with E-state index in [0.717, 1.165) is 12.0 Å². The average Bonchev–Trinajstić information content (AvgIpc) is 2.42. The Hall–Kier alpha value is -1.31. The van der Waals surface area contributed by atoms with Crippen LogP contribution in [0.5, 0.6) is 0 Å². The quantitative estimate of drug-likeness (QED) is 0.882. The first-order valence-corrected chi connectivity index (χ1v) is 7.38. The molecule has 1 amide bonds. The summed E-state index contributed by atoms with van der Waals surface area (Å²) in [5.74, 6) is 0.752. The first kappa shape index (κ1) is 14.1. The van der Waals surface area contributed by atoms with Crippen molar-refractivity contribution >= 4 is 5.91 Å². The van der Waals surface area contributed by atoms with Crippen molar-refractivity contribution in [1.82, 2.24) is 5.32 Å². The molecule has 0 aliphatic heterocycles. The zero-order valence-corrected chi connectivity index (χ0v) is 12.3. The van der Waals surface area contributed by atoms with E-state index < -0.39 is 5.41 Å². The molecule has 1 aliphatic carbocycles. The molecule has 0 heterocycles.